The van der Waals surface area contributed by atoms with E-state index in [1.54, 1.807) is 18.2 Å². The largest absolute Gasteiger partial charge is 0.421 e. The number of benzene rings is 1. The van der Waals surface area contributed by atoms with Gasteiger partial charge in [-0.3, -0.25) is 0 Å². The molecule has 0 spiro atoms. The number of hydrogen-bond donors (Lipinski definition) is 4. The minimum atomic E-state index is -4.58. The van der Waals surface area contributed by atoms with Crippen LogP contribution in [0.2, 0.25) is 0 Å². The van der Waals surface area contributed by atoms with Crippen molar-refractivity contribution in [3.05, 3.63) is 35.5 Å². The first-order chi connectivity index (χ1) is 13.4. The molecule has 1 aromatic heterocycles. The van der Waals surface area contributed by atoms with E-state index in [0.717, 1.165) is 12.4 Å². The van der Waals surface area contributed by atoms with Crippen LogP contribution < -0.4 is 15.4 Å². The molecule has 3 rings (SSSR count). The van der Waals surface area contributed by atoms with Crippen LogP contribution in [-0.4, -0.2) is 41.7 Å². The van der Waals surface area contributed by atoms with Crippen LogP contribution in [0.3, 0.4) is 0 Å². The van der Waals surface area contributed by atoms with E-state index in [0.29, 0.717) is 36.6 Å². The fourth-order valence-electron chi connectivity index (χ4n) is 2.75. The normalized spacial score (nSPS) is 16.6. The Morgan fingerprint density at radius 2 is 2.11 bits per heavy atom. The summed E-state index contributed by atoms with van der Waals surface area (Å²) in [5.41, 5.74) is 0.805. The average Bonchev–Trinajstić information content (AvgIpc) is 3.14. The molecule has 0 amide bonds. The van der Waals surface area contributed by atoms with Gasteiger partial charge in [-0.1, -0.05) is 18.0 Å². The van der Waals surface area contributed by atoms with Gasteiger partial charge in [0, 0.05) is 30.8 Å². The lowest BCUT2D eigenvalue weighted by atomic mass is 10.1. The molecule has 28 heavy (non-hydrogen) atoms. The maximum Gasteiger partial charge on any atom is 0.421 e. The molecule has 0 saturated carbocycles. The molecule has 2 heterocycles. The van der Waals surface area contributed by atoms with Gasteiger partial charge in [-0.05, 0) is 18.6 Å². The van der Waals surface area contributed by atoms with Gasteiger partial charge < -0.3 is 25.5 Å². The zero-order chi connectivity index (χ0) is 20.1. The van der Waals surface area contributed by atoms with E-state index < -0.39 is 11.7 Å². The number of aromatic nitrogens is 2. The first-order valence-electron chi connectivity index (χ1n) is 8.40. The lowest BCUT2D eigenvalue weighted by Crippen LogP contribution is -2.23. The molecule has 150 valence electrons. The molecule has 1 aliphatic heterocycles. The monoisotopic (exact) mass is 412 g/mol. The van der Waals surface area contributed by atoms with Crippen LogP contribution in [0.1, 0.15) is 17.5 Å². The number of nitrogens with one attached hydrogen (secondary N) is 4. The second-order valence-electron chi connectivity index (χ2n) is 6.00. The predicted molar refractivity (Wildman–Crippen MR) is 105 cm³/mol. The molecule has 0 aliphatic carbocycles. The molecule has 7 nitrogen and oxygen atoms in total. The molecular weight excluding hydrogens is 393 g/mol. The van der Waals surface area contributed by atoms with Crippen LogP contribution in [0.15, 0.2) is 24.4 Å². The Morgan fingerprint density at radius 1 is 1.32 bits per heavy atom. The van der Waals surface area contributed by atoms with Crippen molar-refractivity contribution >= 4 is 41.3 Å². The Kier molecular flexibility index (Phi) is 6.25. The van der Waals surface area contributed by atoms with E-state index in [2.05, 4.69) is 25.3 Å². The highest BCUT2D eigenvalue weighted by Crippen LogP contribution is 2.35. The number of alkyl halides is 3. The highest BCUT2D eigenvalue weighted by Gasteiger charge is 2.36. The molecule has 4 N–H and O–H groups in total. The highest BCUT2D eigenvalue weighted by atomic mass is 32.2. The summed E-state index contributed by atoms with van der Waals surface area (Å²) in [5.74, 6) is -0.297. The zero-order valence-corrected chi connectivity index (χ0v) is 15.7. The summed E-state index contributed by atoms with van der Waals surface area (Å²) in [6, 6.07) is 5.01. The van der Waals surface area contributed by atoms with Crippen LogP contribution in [-0.2, 0) is 10.9 Å². The van der Waals surface area contributed by atoms with E-state index in [9.17, 15) is 13.2 Å². The van der Waals surface area contributed by atoms with Crippen LogP contribution in [0.25, 0.3) is 0 Å². The van der Waals surface area contributed by atoms with Gasteiger partial charge in [0.1, 0.15) is 11.4 Å². The van der Waals surface area contributed by atoms with Crippen molar-refractivity contribution in [2.75, 3.05) is 34.8 Å². The summed E-state index contributed by atoms with van der Waals surface area (Å²) >= 11 is 1.36. The molecular formula is C17H19F3N6OS. The summed E-state index contributed by atoms with van der Waals surface area (Å²) in [4.78, 5) is 7.85. The first-order valence-corrected chi connectivity index (χ1v) is 9.63. The van der Waals surface area contributed by atoms with Gasteiger partial charge in [0.05, 0.1) is 24.0 Å². The molecule has 1 saturated heterocycles. The number of ether oxygens (including phenoxy) is 1. The lowest BCUT2D eigenvalue weighted by Gasteiger charge is -2.18. The Balaban J connectivity index is 1.92. The summed E-state index contributed by atoms with van der Waals surface area (Å²) < 4.78 is 48.2. The molecule has 0 radical (unpaired) electrons. The standard InChI is InChI=1S/C17H19F3N6OS/c1-28-26-14-4-2-3-13(11(14)7-21)24-16-22-8-12(17(18,19)20)15(25-16)23-10-5-6-27-9-10/h2-4,7-8,10,21,26H,5-6,9H2,1H3,(H2,22,23,24,25). The zero-order valence-electron chi connectivity index (χ0n) is 14.9. The smallest absolute Gasteiger partial charge is 0.379 e. The lowest BCUT2D eigenvalue weighted by molar-refractivity contribution is -0.137. The van der Waals surface area contributed by atoms with E-state index in [1.807, 2.05) is 6.26 Å². The summed E-state index contributed by atoms with van der Waals surface area (Å²) in [7, 11) is 0. The SMILES string of the molecule is CSNc1cccc(Nc2ncc(C(F)(F)F)c(NC3CCOC3)n2)c1C=N. The topological polar surface area (TPSA) is 95.0 Å². The number of nitrogens with zero attached hydrogens (tertiary/aromatic N) is 2. The van der Waals surface area contributed by atoms with Gasteiger partial charge in [-0.2, -0.15) is 18.2 Å². The van der Waals surface area contributed by atoms with E-state index in [4.69, 9.17) is 10.1 Å². The van der Waals surface area contributed by atoms with Crippen molar-refractivity contribution < 1.29 is 17.9 Å². The number of halogens is 3. The Labute approximate surface area is 164 Å². The van der Waals surface area contributed by atoms with Crippen molar-refractivity contribution in [3.8, 4) is 0 Å². The van der Waals surface area contributed by atoms with E-state index >= 15 is 0 Å². The molecule has 1 aromatic carbocycles. The van der Waals surface area contributed by atoms with Crippen LogP contribution >= 0.6 is 11.9 Å². The van der Waals surface area contributed by atoms with Crippen molar-refractivity contribution in [2.24, 2.45) is 0 Å². The van der Waals surface area contributed by atoms with Crippen LogP contribution in [0.4, 0.5) is 36.3 Å². The fourth-order valence-corrected chi connectivity index (χ4v) is 3.15. The third-order valence-corrected chi connectivity index (χ3v) is 4.50. The first kappa shape index (κ1) is 20.2. The number of hydrogen-bond acceptors (Lipinski definition) is 8. The van der Waals surface area contributed by atoms with Crippen molar-refractivity contribution in [1.29, 1.82) is 5.41 Å². The summed E-state index contributed by atoms with van der Waals surface area (Å²) in [6.45, 7) is 0.817. The van der Waals surface area contributed by atoms with E-state index in [-0.39, 0.29) is 17.8 Å². The maximum absolute atomic E-state index is 13.3. The predicted octanol–water partition coefficient (Wildman–Crippen LogP) is 4.13. The molecule has 1 atom stereocenters. The van der Waals surface area contributed by atoms with Crippen molar-refractivity contribution in [1.82, 2.24) is 9.97 Å². The van der Waals surface area contributed by atoms with Gasteiger partial charge in [-0.25, -0.2) is 4.98 Å². The molecule has 11 heteroatoms. The Morgan fingerprint density at radius 3 is 2.75 bits per heavy atom. The minimum absolute atomic E-state index is 0.00110. The van der Waals surface area contributed by atoms with E-state index in [1.165, 1.54) is 11.9 Å². The Bertz CT molecular complexity index is 842. The van der Waals surface area contributed by atoms with Crippen molar-refractivity contribution in [2.45, 2.75) is 18.6 Å². The average molecular weight is 412 g/mol. The Hall–Kier alpha value is -2.53. The third-order valence-electron chi connectivity index (χ3n) is 4.07. The van der Waals surface area contributed by atoms with Crippen LogP contribution in [0.5, 0.6) is 0 Å². The fraction of sp³-hybridized carbons (Fsp3) is 0.353. The van der Waals surface area contributed by atoms with Crippen LogP contribution in [0, 0.1) is 5.41 Å². The number of anilines is 4. The van der Waals surface area contributed by atoms with Gasteiger partial charge in [0.25, 0.3) is 0 Å². The minimum Gasteiger partial charge on any atom is -0.379 e. The molecule has 0 bridgehead atoms. The molecule has 1 fully saturated rings. The van der Waals surface area contributed by atoms with Gasteiger partial charge in [0.2, 0.25) is 5.95 Å². The van der Waals surface area contributed by atoms with Gasteiger partial charge in [0.15, 0.2) is 0 Å². The second-order valence-corrected chi connectivity index (χ2v) is 6.61. The van der Waals surface area contributed by atoms with Crippen molar-refractivity contribution in [3.63, 3.8) is 0 Å². The number of rotatable bonds is 7. The molecule has 1 unspecified atom stereocenters. The quantitative estimate of drug-likeness (QED) is 0.401. The second kappa shape index (κ2) is 8.65. The third kappa shape index (κ3) is 4.65. The molecule has 1 aliphatic rings. The summed E-state index contributed by atoms with van der Waals surface area (Å²) in [5, 5.41) is 13.4. The summed E-state index contributed by atoms with van der Waals surface area (Å²) in [6.07, 6.45) is -0.230. The maximum atomic E-state index is 13.3. The van der Waals surface area contributed by atoms with Gasteiger partial charge >= 0.3 is 6.18 Å². The molecule has 2 aromatic rings. The highest BCUT2D eigenvalue weighted by molar-refractivity contribution is 7.99. The van der Waals surface area contributed by atoms with Gasteiger partial charge in [-0.15, -0.1) is 0 Å².